The molecule has 0 amide bonds. The van der Waals surface area contributed by atoms with Crippen LogP contribution in [0.2, 0.25) is 10.0 Å². The molecule has 2 rings (SSSR count). The van der Waals surface area contributed by atoms with Crippen LogP contribution in [-0.4, -0.2) is 0 Å². The molecule has 0 aromatic heterocycles. The minimum absolute atomic E-state index is 0.546. The van der Waals surface area contributed by atoms with Crippen molar-refractivity contribution in [3.63, 3.8) is 0 Å². The zero-order chi connectivity index (χ0) is 12.4. The van der Waals surface area contributed by atoms with Crippen LogP contribution in [0.1, 0.15) is 0 Å². The van der Waals surface area contributed by atoms with Crippen LogP contribution >= 0.6 is 35.0 Å². The van der Waals surface area contributed by atoms with Crippen LogP contribution in [0.25, 0.3) is 0 Å². The van der Waals surface area contributed by atoms with Gasteiger partial charge in [-0.1, -0.05) is 35.0 Å². The minimum atomic E-state index is 0.546. The monoisotopic (exact) mass is 284 g/mol. The molecule has 0 aliphatic heterocycles. The smallest absolute Gasteiger partial charge is 0.0646 e. The lowest BCUT2D eigenvalue weighted by molar-refractivity contribution is 1.41. The van der Waals surface area contributed by atoms with E-state index in [2.05, 4.69) is 0 Å². The fraction of sp³-hybridized carbons (Fsp3) is 0. The highest BCUT2D eigenvalue weighted by Crippen LogP contribution is 2.33. The van der Waals surface area contributed by atoms with Crippen molar-refractivity contribution in [3.8, 4) is 0 Å². The number of anilines is 2. The first-order chi connectivity index (χ1) is 8.04. The third kappa shape index (κ3) is 3.22. The van der Waals surface area contributed by atoms with Crippen LogP contribution < -0.4 is 11.5 Å². The van der Waals surface area contributed by atoms with Crippen LogP contribution in [0.15, 0.2) is 46.2 Å². The molecule has 0 radical (unpaired) electrons. The summed E-state index contributed by atoms with van der Waals surface area (Å²) in [6, 6.07) is 10.9. The molecule has 2 aromatic carbocycles. The highest BCUT2D eigenvalue weighted by Gasteiger charge is 2.03. The van der Waals surface area contributed by atoms with Crippen LogP contribution in [0.3, 0.4) is 0 Å². The van der Waals surface area contributed by atoms with Gasteiger partial charge in [-0.3, -0.25) is 0 Å². The number of halogens is 2. The predicted octanol–water partition coefficient (Wildman–Crippen LogP) is 4.31. The second-order valence-corrected chi connectivity index (χ2v) is 5.50. The van der Waals surface area contributed by atoms with Gasteiger partial charge in [0, 0.05) is 20.5 Å². The largest absolute Gasteiger partial charge is 0.399 e. The van der Waals surface area contributed by atoms with E-state index in [0.717, 1.165) is 9.79 Å². The van der Waals surface area contributed by atoms with Gasteiger partial charge in [0.2, 0.25) is 0 Å². The lowest BCUT2D eigenvalue weighted by Crippen LogP contribution is -1.87. The first-order valence-electron chi connectivity index (χ1n) is 4.83. The molecule has 0 saturated heterocycles. The van der Waals surface area contributed by atoms with Gasteiger partial charge in [-0.15, -0.1) is 0 Å². The summed E-state index contributed by atoms with van der Waals surface area (Å²) in [6.07, 6.45) is 0. The van der Waals surface area contributed by atoms with Gasteiger partial charge in [0.1, 0.15) is 0 Å². The van der Waals surface area contributed by atoms with Gasteiger partial charge in [-0.2, -0.15) is 0 Å². The van der Waals surface area contributed by atoms with E-state index in [1.807, 2.05) is 24.3 Å². The molecule has 88 valence electrons. The van der Waals surface area contributed by atoms with E-state index in [0.29, 0.717) is 21.4 Å². The molecular formula is C12H10Cl2N2S. The lowest BCUT2D eigenvalue weighted by atomic mass is 10.3. The summed E-state index contributed by atoms with van der Waals surface area (Å²) in [5.74, 6) is 0. The first-order valence-corrected chi connectivity index (χ1v) is 6.41. The van der Waals surface area contributed by atoms with Crippen LogP contribution in [-0.2, 0) is 0 Å². The van der Waals surface area contributed by atoms with E-state index in [-0.39, 0.29) is 0 Å². The molecule has 0 spiro atoms. The Morgan fingerprint density at radius 2 is 1.65 bits per heavy atom. The maximum Gasteiger partial charge on any atom is 0.0646 e. The number of benzene rings is 2. The quantitative estimate of drug-likeness (QED) is 0.808. The molecule has 0 atom stereocenters. The fourth-order valence-electron chi connectivity index (χ4n) is 1.35. The molecule has 0 saturated carbocycles. The summed E-state index contributed by atoms with van der Waals surface area (Å²) in [4.78, 5) is 1.96. The minimum Gasteiger partial charge on any atom is -0.399 e. The Balaban J connectivity index is 2.28. The van der Waals surface area contributed by atoms with Gasteiger partial charge >= 0.3 is 0 Å². The van der Waals surface area contributed by atoms with E-state index in [1.165, 1.54) is 11.8 Å². The van der Waals surface area contributed by atoms with E-state index >= 15 is 0 Å². The molecule has 5 heteroatoms. The van der Waals surface area contributed by atoms with Crippen LogP contribution in [0, 0.1) is 0 Å². The van der Waals surface area contributed by atoms with Crippen molar-refractivity contribution in [1.82, 2.24) is 0 Å². The standard InChI is InChI=1S/C12H10Cl2N2S/c13-7-3-8(15)5-10(4-7)17-9-1-2-12(16)11(14)6-9/h1-6H,15-16H2. The fourth-order valence-corrected chi connectivity index (χ4v) is 2.87. The second kappa shape index (κ2) is 5.08. The van der Waals surface area contributed by atoms with Gasteiger partial charge < -0.3 is 11.5 Å². The number of nitrogens with two attached hydrogens (primary N) is 2. The molecule has 0 bridgehead atoms. The molecule has 2 nitrogen and oxygen atoms in total. The summed E-state index contributed by atoms with van der Waals surface area (Å²) in [6.45, 7) is 0. The zero-order valence-electron chi connectivity index (χ0n) is 8.78. The third-order valence-corrected chi connectivity index (χ3v) is 3.61. The van der Waals surface area contributed by atoms with Crippen molar-refractivity contribution in [2.24, 2.45) is 0 Å². The van der Waals surface area contributed by atoms with Crippen LogP contribution in [0.5, 0.6) is 0 Å². The highest BCUT2D eigenvalue weighted by atomic mass is 35.5. The summed E-state index contributed by atoms with van der Waals surface area (Å²) >= 11 is 13.4. The number of hydrogen-bond acceptors (Lipinski definition) is 3. The Morgan fingerprint density at radius 1 is 0.882 bits per heavy atom. The molecule has 0 heterocycles. The van der Waals surface area contributed by atoms with Crippen molar-refractivity contribution < 1.29 is 0 Å². The molecular weight excluding hydrogens is 275 g/mol. The highest BCUT2D eigenvalue weighted by molar-refractivity contribution is 7.99. The molecule has 0 fully saturated rings. The maximum absolute atomic E-state index is 5.95. The van der Waals surface area contributed by atoms with Gasteiger partial charge in [0.25, 0.3) is 0 Å². The first kappa shape index (κ1) is 12.4. The van der Waals surface area contributed by atoms with E-state index in [4.69, 9.17) is 34.7 Å². The molecule has 0 aliphatic rings. The number of nitrogen functional groups attached to an aromatic ring is 2. The Kier molecular flexibility index (Phi) is 3.72. The summed E-state index contributed by atoms with van der Waals surface area (Å²) in [5, 5.41) is 1.17. The molecule has 2 aromatic rings. The van der Waals surface area contributed by atoms with E-state index in [9.17, 15) is 0 Å². The Morgan fingerprint density at radius 3 is 2.29 bits per heavy atom. The van der Waals surface area contributed by atoms with Crippen molar-refractivity contribution in [1.29, 1.82) is 0 Å². The van der Waals surface area contributed by atoms with Gasteiger partial charge in [0.05, 0.1) is 10.7 Å². The van der Waals surface area contributed by atoms with Crippen molar-refractivity contribution in [2.45, 2.75) is 9.79 Å². The van der Waals surface area contributed by atoms with Crippen LogP contribution in [0.4, 0.5) is 11.4 Å². The summed E-state index contributed by atoms with van der Waals surface area (Å²) in [7, 11) is 0. The average Bonchev–Trinajstić information content (AvgIpc) is 2.22. The number of hydrogen-bond donors (Lipinski definition) is 2. The average molecular weight is 285 g/mol. The topological polar surface area (TPSA) is 52.0 Å². The summed E-state index contributed by atoms with van der Waals surface area (Å²) < 4.78 is 0. The van der Waals surface area contributed by atoms with E-state index in [1.54, 1.807) is 12.1 Å². The maximum atomic E-state index is 5.95. The normalized spacial score (nSPS) is 10.5. The molecule has 0 aliphatic carbocycles. The Hall–Kier alpha value is -1.03. The molecule has 4 N–H and O–H groups in total. The lowest BCUT2D eigenvalue weighted by Gasteiger charge is -2.05. The van der Waals surface area contributed by atoms with Gasteiger partial charge in [-0.25, -0.2) is 0 Å². The van der Waals surface area contributed by atoms with Crippen molar-refractivity contribution in [3.05, 3.63) is 46.4 Å². The number of rotatable bonds is 2. The zero-order valence-corrected chi connectivity index (χ0v) is 11.1. The Bertz CT molecular complexity index is 538. The van der Waals surface area contributed by atoms with Crippen molar-refractivity contribution in [2.75, 3.05) is 11.5 Å². The van der Waals surface area contributed by atoms with E-state index < -0.39 is 0 Å². The van der Waals surface area contributed by atoms with Crippen molar-refractivity contribution >= 4 is 46.3 Å². The second-order valence-electron chi connectivity index (χ2n) is 3.51. The van der Waals surface area contributed by atoms with Gasteiger partial charge in [0.15, 0.2) is 0 Å². The molecule has 0 unspecified atom stereocenters. The third-order valence-electron chi connectivity index (χ3n) is 2.10. The SMILES string of the molecule is Nc1cc(Cl)cc(Sc2ccc(N)c(Cl)c2)c1. The molecule has 17 heavy (non-hydrogen) atoms. The summed E-state index contributed by atoms with van der Waals surface area (Å²) in [5.41, 5.74) is 12.6. The van der Waals surface area contributed by atoms with Gasteiger partial charge in [-0.05, 0) is 36.4 Å². The Labute approximate surface area is 114 Å². The predicted molar refractivity (Wildman–Crippen MR) is 75.9 cm³/mol.